The summed E-state index contributed by atoms with van der Waals surface area (Å²) in [6.07, 6.45) is 0.972. The molecule has 0 unspecified atom stereocenters. The molecule has 170 valence electrons. The molecule has 0 saturated carbocycles. The smallest absolute Gasteiger partial charge is 0.262 e. The largest absolute Gasteiger partial charge is 0.454 e. The van der Waals surface area contributed by atoms with Gasteiger partial charge in [0.2, 0.25) is 18.5 Å². The van der Waals surface area contributed by atoms with Gasteiger partial charge < -0.3 is 18.7 Å². The second-order valence-corrected chi connectivity index (χ2v) is 8.36. The number of benzene rings is 2. The van der Waals surface area contributed by atoms with Crippen LogP contribution in [0.3, 0.4) is 0 Å². The van der Waals surface area contributed by atoms with Gasteiger partial charge in [0.25, 0.3) is 5.56 Å². The minimum Gasteiger partial charge on any atom is -0.454 e. The Hall–Kier alpha value is -3.37. The number of rotatable bonds is 8. The molecular weight excluding hydrogens is 444 g/mol. The average Bonchev–Trinajstić information content (AvgIpc) is 3.50. The fourth-order valence-corrected chi connectivity index (χ4v) is 4.39. The SMILES string of the molecule is CCc1ccc(-c2noc(CSc3nc4cc5c(cc4c(=O)n3CCOC)OCO5)n2)cc1. The lowest BCUT2D eigenvalue weighted by Crippen LogP contribution is -2.25. The van der Waals surface area contributed by atoms with Gasteiger partial charge in [0.05, 0.1) is 29.8 Å². The highest BCUT2D eigenvalue weighted by Crippen LogP contribution is 2.35. The Morgan fingerprint density at radius 3 is 2.67 bits per heavy atom. The molecule has 0 atom stereocenters. The monoisotopic (exact) mass is 466 g/mol. The third-order valence-electron chi connectivity index (χ3n) is 5.35. The summed E-state index contributed by atoms with van der Waals surface area (Å²) in [5.41, 5.74) is 2.52. The molecule has 4 aromatic rings. The Labute approximate surface area is 193 Å². The van der Waals surface area contributed by atoms with E-state index in [1.165, 1.54) is 17.3 Å². The van der Waals surface area contributed by atoms with Crippen LogP contribution in [0.15, 0.2) is 50.9 Å². The molecule has 2 aromatic heterocycles. The molecule has 0 saturated heterocycles. The van der Waals surface area contributed by atoms with Crippen LogP contribution in [0.4, 0.5) is 0 Å². The first-order valence-corrected chi connectivity index (χ1v) is 11.5. The van der Waals surface area contributed by atoms with Gasteiger partial charge in [-0.2, -0.15) is 4.98 Å². The number of aromatic nitrogens is 4. The molecule has 0 spiro atoms. The molecule has 9 nitrogen and oxygen atoms in total. The van der Waals surface area contributed by atoms with Crippen LogP contribution in [-0.4, -0.2) is 40.2 Å². The fourth-order valence-electron chi connectivity index (χ4n) is 3.53. The highest BCUT2D eigenvalue weighted by Gasteiger charge is 2.20. The maximum atomic E-state index is 13.2. The van der Waals surface area contributed by atoms with Gasteiger partial charge >= 0.3 is 0 Å². The molecule has 3 heterocycles. The van der Waals surface area contributed by atoms with Crippen molar-refractivity contribution >= 4 is 22.7 Å². The lowest BCUT2D eigenvalue weighted by atomic mass is 10.1. The third-order valence-corrected chi connectivity index (χ3v) is 6.31. The summed E-state index contributed by atoms with van der Waals surface area (Å²) in [4.78, 5) is 22.4. The van der Waals surface area contributed by atoms with Gasteiger partial charge in [0.1, 0.15) is 0 Å². The van der Waals surface area contributed by atoms with Crippen molar-refractivity contribution < 1.29 is 18.7 Å². The van der Waals surface area contributed by atoms with Crippen LogP contribution < -0.4 is 15.0 Å². The van der Waals surface area contributed by atoms with E-state index in [4.69, 9.17) is 23.7 Å². The van der Waals surface area contributed by atoms with Gasteiger partial charge in [-0.25, -0.2) is 4.98 Å². The van der Waals surface area contributed by atoms with Crippen molar-refractivity contribution in [2.45, 2.75) is 30.8 Å². The molecule has 0 amide bonds. The molecule has 1 aliphatic heterocycles. The molecule has 0 aliphatic carbocycles. The van der Waals surface area contributed by atoms with Crippen LogP contribution >= 0.6 is 11.8 Å². The molecule has 0 bridgehead atoms. The molecule has 10 heteroatoms. The Morgan fingerprint density at radius 1 is 1.12 bits per heavy atom. The zero-order valence-electron chi connectivity index (χ0n) is 18.2. The topological polar surface area (TPSA) is 102 Å². The first kappa shape index (κ1) is 21.5. The minimum atomic E-state index is -0.167. The van der Waals surface area contributed by atoms with Crippen LogP contribution in [0.25, 0.3) is 22.3 Å². The molecule has 0 radical (unpaired) electrons. The number of ether oxygens (including phenoxy) is 3. The third kappa shape index (κ3) is 4.31. The second-order valence-electron chi connectivity index (χ2n) is 7.42. The number of fused-ring (bicyclic) bond motifs is 2. The zero-order chi connectivity index (χ0) is 22.8. The zero-order valence-corrected chi connectivity index (χ0v) is 19.1. The molecule has 0 N–H and O–H groups in total. The highest BCUT2D eigenvalue weighted by molar-refractivity contribution is 7.98. The van der Waals surface area contributed by atoms with E-state index in [2.05, 4.69) is 29.2 Å². The number of methoxy groups -OCH3 is 1. The second kappa shape index (κ2) is 9.24. The summed E-state index contributed by atoms with van der Waals surface area (Å²) >= 11 is 1.36. The molecule has 0 fully saturated rings. The van der Waals surface area contributed by atoms with Crippen molar-refractivity contribution in [2.24, 2.45) is 0 Å². The van der Waals surface area contributed by atoms with E-state index in [0.717, 1.165) is 12.0 Å². The average molecular weight is 467 g/mol. The van der Waals surface area contributed by atoms with E-state index >= 15 is 0 Å². The lowest BCUT2D eigenvalue weighted by molar-refractivity contribution is 0.174. The van der Waals surface area contributed by atoms with Crippen LogP contribution in [0.5, 0.6) is 11.5 Å². The van der Waals surface area contributed by atoms with E-state index in [1.807, 2.05) is 12.1 Å². The van der Waals surface area contributed by atoms with Crippen molar-refractivity contribution in [3.63, 3.8) is 0 Å². The maximum Gasteiger partial charge on any atom is 0.262 e. The molecule has 5 rings (SSSR count). The van der Waals surface area contributed by atoms with Gasteiger partial charge in [-0.15, -0.1) is 0 Å². The minimum absolute atomic E-state index is 0.131. The van der Waals surface area contributed by atoms with Gasteiger partial charge in [-0.1, -0.05) is 48.1 Å². The van der Waals surface area contributed by atoms with E-state index in [9.17, 15) is 4.79 Å². The molecule has 1 aliphatic rings. The Kier molecular flexibility index (Phi) is 6.01. The van der Waals surface area contributed by atoms with Gasteiger partial charge in [0, 0.05) is 18.7 Å². The molecule has 33 heavy (non-hydrogen) atoms. The number of hydrogen-bond donors (Lipinski definition) is 0. The van der Waals surface area contributed by atoms with Crippen molar-refractivity contribution in [3.8, 4) is 22.9 Å². The number of nitrogens with zero attached hydrogens (tertiary/aromatic N) is 4. The maximum absolute atomic E-state index is 13.2. The highest BCUT2D eigenvalue weighted by atomic mass is 32.2. The van der Waals surface area contributed by atoms with Crippen LogP contribution in [0.1, 0.15) is 18.4 Å². The number of hydrogen-bond acceptors (Lipinski definition) is 9. The van der Waals surface area contributed by atoms with Gasteiger partial charge in [-0.3, -0.25) is 9.36 Å². The van der Waals surface area contributed by atoms with Crippen molar-refractivity contribution in [1.29, 1.82) is 0 Å². The Bertz CT molecular complexity index is 1350. The van der Waals surface area contributed by atoms with Crippen LogP contribution in [0, 0.1) is 0 Å². The van der Waals surface area contributed by atoms with E-state index in [-0.39, 0.29) is 12.4 Å². The van der Waals surface area contributed by atoms with Crippen molar-refractivity contribution in [3.05, 3.63) is 58.2 Å². The summed E-state index contributed by atoms with van der Waals surface area (Å²) < 4.78 is 23.1. The summed E-state index contributed by atoms with van der Waals surface area (Å²) in [6, 6.07) is 11.5. The lowest BCUT2D eigenvalue weighted by Gasteiger charge is -2.12. The Balaban J connectivity index is 1.42. The molecule has 2 aromatic carbocycles. The van der Waals surface area contributed by atoms with E-state index in [0.29, 0.717) is 58.2 Å². The van der Waals surface area contributed by atoms with Crippen LogP contribution in [-0.2, 0) is 23.5 Å². The standard InChI is InChI=1S/C23H22N4O5S/c1-3-14-4-6-15(7-5-14)21-25-20(32-26-21)12-33-23-24-17-11-19-18(30-13-31-19)10-16(17)22(28)27(23)8-9-29-2/h4-7,10-11H,3,8-9,12-13H2,1-2H3. The fraction of sp³-hybridized carbons (Fsp3) is 0.304. The van der Waals surface area contributed by atoms with Crippen molar-refractivity contribution in [1.82, 2.24) is 19.7 Å². The Morgan fingerprint density at radius 2 is 1.91 bits per heavy atom. The first-order valence-electron chi connectivity index (χ1n) is 10.5. The molecular formula is C23H22N4O5S. The van der Waals surface area contributed by atoms with Gasteiger partial charge in [-0.05, 0) is 18.1 Å². The predicted octanol–water partition coefficient (Wildman–Crippen LogP) is 3.68. The predicted molar refractivity (Wildman–Crippen MR) is 123 cm³/mol. The summed E-state index contributed by atoms with van der Waals surface area (Å²) in [6.45, 7) is 2.99. The van der Waals surface area contributed by atoms with Crippen molar-refractivity contribution in [2.75, 3.05) is 20.5 Å². The van der Waals surface area contributed by atoms with E-state index < -0.39 is 0 Å². The van der Waals surface area contributed by atoms with Crippen LogP contribution in [0.2, 0.25) is 0 Å². The quantitative estimate of drug-likeness (QED) is 0.284. The summed E-state index contributed by atoms with van der Waals surface area (Å²) in [5, 5.41) is 5.10. The first-order chi connectivity index (χ1) is 16.2. The summed E-state index contributed by atoms with van der Waals surface area (Å²) in [7, 11) is 1.59. The normalized spacial score (nSPS) is 12.5. The van der Waals surface area contributed by atoms with Gasteiger partial charge in [0.15, 0.2) is 16.7 Å². The van der Waals surface area contributed by atoms with E-state index in [1.54, 1.807) is 23.8 Å². The summed E-state index contributed by atoms with van der Waals surface area (Å²) in [5.74, 6) is 2.48. The number of aryl methyl sites for hydroxylation is 1. The number of thioether (sulfide) groups is 1.